The van der Waals surface area contributed by atoms with Gasteiger partial charge in [0.1, 0.15) is 28.8 Å². The number of fused-ring (bicyclic) bond motifs is 3. The SMILES string of the molecule is COc1ccc(-c2nc3sc4c(O)cccc4c3c(=O)n2CCOC(=O)N(C)C)c(C2CC2)c1. The van der Waals surface area contributed by atoms with Gasteiger partial charge in [-0.15, -0.1) is 11.3 Å². The van der Waals surface area contributed by atoms with Crippen molar-refractivity contribution in [1.29, 1.82) is 0 Å². The molecule has 1 amide bonds. The van der Waals surface area contributed by atoms with E-state index >= 15 is 0 Å². The molecule has 8 nitrogen and oxygen atoms in total. The highest BCUT2D eigenvalue weighted by Gasteiger charge is 2.29. The van der Waals surface area contributed by atoms with E-state index in [1.165, 1.54) is 16.2 Å². The molecule has 176 valence electrons. The van der Waals surface area contributed by atoms with Crippen LogP contribution in [-0.2, 0) is 11.3 Å². The fourth-order valence-electron chi connectivity index (χ4n) is 4.13. The van der Waals surface area contributed by atoms with Gasteiger partial charge in [-0.3, -0.25) is 9.36 Å². The second kappa shape index (κ2) is 8.64. The summed E-state index contributed by atoms with van der Waals surface area (Å²) < 4.78 is 13.0. The minimum absolute atomic E-state index is 0.0271. The Kier molecular flexibility index (Phi) is 5.65. The van der Waals surface area contributed by atoms with Crippen LogP contribution in [0.15, 0.2) is 41.2 Å². The van der Waals surface area contributed by atoms with Crippen molar-refractivity contribution in [2.75, 3.05) is 27.8 Å². The molecule has 1 saturated carbocycles. The summed E-state index contributed by atoms with van der Waals surface area (Å²) in [7, 11) is 4.85. The Hall–Kier alpha value is -3.59. The zero-order chi connectivity index (χ0) is 24.0. The van der Waals surface area contributed by atoms with Crippen molar-refractivity contribution < 1.29 is 19.4 Å². The predicted molar refractivity (Wildman–Crippen MR) is 132 cm³/mol. The molecule has 5 rings (SSSR count). The Morgan fingerprint density at radius 2 is 2.06 bits per heavy atom. The van der Waals surface area contributed by atoms with Crippen molar-refractivity contribution in [2.45, 2.75) is 25.3 Å². The summed E-state index contributed by atoms with van der Waals surface area (Å²) in [6, 6.07) is 11.0. The molecule has 0 saturated heterocycles. The lowest BCUT2D eigenvalue weighted by molar-refractivity contribution is 0.114. The highest BCUT2D eigenvalue weighted by molar-refractivity contribution is 7.25. The number of benzene rings is 2. The number of aromatic nitrogens is 2. The third-order valence-corrected chi connectivity index (χ3v) is 7.14. The van der Waals surface area contributed by atoms with Crippen LogP contribution in [0.1, 0.15) is 24.3 Å². The van der Waals surface area contributed by atoms with Crippen LogP contribution in [0.2, 0.25) is 0 Å². The van der Waals surface area contributed by atoms with Crippen LogP contribution in [0, 0.1) is 0 Å². The van der Waals surface area contributed by atoms with Crippen molar-refractivity contribution in [3.05, 3.63) is 52.3 Å². The fourth-order valence-corrected chi connectivity index (χ4v) is 5.21. The van der Waals surface area contributed by atoms with Crippen molar-refractivity contribution in [2.24, 2.45) is 0 Å². The molecule has 4 aromatic rings. The molecule has 0 unspecified atom stereocenters. The lowest BCUT2D eigenvalue weighted by atomic mass is 10.0. The smallest absolute Gasteiger partial charge is 0.409 e. The molecule has 0 bridgehead atoms. The van der Waals surface area contributed by atoms with E-state index < -0.39 is 6.09 Å². The number of carbonyl (C=O) groups excluding carboxylic acids is 1. The second-order valence-electron chi connectivity index (χ2n) is 8.56. The first-order valence-electron chi connectivity index (χ1n) is 11.1. The van der Waals surface area contributed by atoms with E-state index in [1.54, 1.807) is 37.9 Å². The fraction of sp³-hybridized carbons (Fsp3) is 0.320. The van der Waals surface area contributed by atoms with Crippen LogP contribution in [0.25, 0.3) is 31.7 Å². The van der Waals surface area contributed by atoms with Crippen LogP contribution in [0.3, 0.4) is 0 Å². The normalized spacial score (nSPS) is 13.4. The Balaban J connectivity index is 1.71. The Morgan fingerprint density at radius 3 is 2.76 bits per heavy atom. The van der Waals surface area contributed by atoms with E-state index in [0.717, 1.165) is 29.7 Å². The monoisotopic (exact) mass is 479 g/mol. The number of thiophene rings is 1. The molecule has 0 radical (unpaired) electrons. The molecule has 1 N–H and O–H groups in total. The average Bonchev–Trinajstić information content (AvgIpc) is 3.60. The third kappa shape index (κ3) is 3.86. The van der Waals surface area contributed by atoms with E-state index in [9.17, 15) is 14.7 Å². The number of carbonyl (C=O) groups is 1. The van der Waals surface area contributed by atoms with E-state index in [-0.39, 0.29) is 24.5 Å². The predicted octanol–water partition coefficient (Wildman–Crippen LogP) is 4.57. The zero-order valence-electron chi connectivity index (χ0n) is 19.2. The molecule has 1 aliphatic rings. The largest absolute Gasteiger partial charge is 0.506 e. The minimum atomic E-state index is -0.474. The number of rotatable bonds is 6. The molecule has 1 aliphatic carbocycles. The minimum Gasteiger partial charge on any atom is -0.506 e. The molecular weight excluding hydrogens is 454 g/mol. The van der Waals surface area contributed by atoms with Crippen LogP contribution in [0.4, 0.5) is 4.79 Å². The number of nitrogens with zero attached hydrogens (tertiary/aromatic N) is 3. The number of ether oxygens (including phenoxy) is 2. The number of hydrogen-bond acceptors (Lipinski definition) is 7. The van der Waals surface area contributed by atoms with Crippen LogP contribution in [-0.4, -0.2) is 53.5 Å². The van der Waals surface area contributed by atoms with Gasteiger partial charge in [0.25, 0.3) is 5.56 Å². The van der Waals surface area contributed by atoms with E-state index in [0.29, 0.717) is 32.0 Å². The Morgan fingerprint density at radius 1 is 1.26 bits per heavy atom. The number of phenols is 1. The standard InChI is InChI=1S/C25H25N3O5S/c1-27(2)25(31)33-12-11-28-22(16-10-9-15(32-3)13-18(16)14-7-8-14)26-23-20(24(28)30)17-5-4-6-19(29)21(17)34-23/h4-6,9-10,13-14,29H,7-8,11-12H2,1-3H3. The molecule has 2 aromatic carbocycles. The maximum absolute atomic E-state index is 13.8. The Labute approximate surface area is 200 Å². The molecule has 9 heteroatoms. The number of phenolic OH excluding ortho intramolecular Hbond substituents is 1. The summed E-state index contributed by atoms with van der Waals surface area (Å²) in [5.74, 6) is 1.79. The summed E-state index contributed by atoms with van der Waals surface area (Å²) in [6.07, 6.45) is 1.67. The van der Waals surface area contributed by atoms with Gasteiger partial charge in [-0.1, -0.05) is 12.1 Å². The first kappa shape index (κ1) is 22.2. The average molecular weight is 480 g/mol. The van der Waals surface area contributed by atoms with Gasteiger partial charge >= 0.3 is 6.09 Å². The maximum Gasteiger partial charge on any atom is 0.409 e. The van der Waals surface area contributed by atoms with Crippen molar-refractivity contribution in [1.82, 2.24) is 14.5 Å². The molecule has 34 heavy (non-hydrogen) atoms. The van der Waals surface area contributed by atoms with Gasteiger partial charge in [-0.25, -0.2) is 9.78 Å². The number of methoxy groups -OCH3 is 1. The molecule has 1 fully saturated rings. The summed E-state index contributed by atoms with van der Waals surface area (Å²) in [5, 5.41) is 11.5. The van der Waals surface area contributed by atoms with E-state index in [2.05, 4.69) is 0 Å². The van der Waals surface area contributed by atoms with Crippen molar-refractivity contribution >= 4 is 37.7 Å². The summed E-state index contributed by atoms with van der Waals surface area (Å²) in [5.41, 5.74) is 1.73. The van der Waals surface area contributed by atoms with Gasteiger partial charge in [-0.2, -0.15) is 0 Å². The molecular formula is C25H25N3O5S. The van der Waals surface area contributed by atoms with Crippen LogP contribution in [0.5, 0.6) is 11.5 Å². The number of hydrogen-bond donors (Lipinski definition) is 1. The van der Waals surface area contributed by atoms with Gasteiger partial charge in [0.15, 0.2) is 0 Å². The molecule has 0 aliphatic heterocycles. The van der Waals surface area contributed by atoms with Gasteiger partial charge in [-0.05, 0) is 48.6 Å². The summed E-state index contributed by atoms with van der Waals surface area (Å²) >= 11 is 1.30. The third-order valence-electron chi connectivity index (χ3n) is 6.02. The zero-order valence-corrected chi connectivity index (χ0v) is 20.0. The molecule has 0 atom stereocenters. The summed E-state index contributed by atoms with van der Waals surface area (Å²) in [4.78, 5) is 32.6. The lowest BCUT2D eigenvalue weighted by Crippen LogP contribution is -2.28. The molecule has 2 aromatic heterocycles. The highest BCUT2D eigenvalue weighted by atomic mass is 32.1. The van der Waals surface area contributed by atoms with Gasteiger partial charge in [0, 0.05) is 25.0 Å². The second-order valence-corrected chi connectivity index (χ2v) is 9.56. The molecule has 2 heterocycles. The lowest BCUT2D eigenvalue weighted by Gasteiger charge is -2.17. The molecule has 0 spiro atoms. The van der Waals surface area contributed by atoms with Gasteiger partial charge in [0.2, 0.25) is 0 Å². The number of aromatic hydroxyl groups is 1. The summed E-state index contributed by atoms with van der Waals surface area (Å²) in [6.45, 7) is 0.183. The van der Waals surface area contributed by atoms with Crippen molar-refractivity contribution in [3.63, 3.8) is 0 Å². The quantitative estimate of drug-likeness (QED) is 0.436. The Bertz CT molecular complexity index is 1470. The number of amides is 1. The topological polar surface area (TPSA) is 93.9 Å². The first-order valence-corrected chi connectivity index (χ1v) is 11.9. The van der Waals surface area contributed by atoms with E-state index in [4.69, 9.17) is 14.5 Å². The van der Waals surface area contributed by atoms with Crippen LogP contribution >= 0.6 is 11.3 Å². The maximum atomic E-state index is 13.8. The van der Waals surface area contributed by atoms with Crippen molar-refractivity contribution in [3.8, 4) is 22.9 Å². The first-order chi connectivity index (χ1) is 16.4. The van der Waals surface area contributed by atoms with Gasteiger partial charge < -0.3 is 19.5 Å². The van der Waals surface area contributed by atoms with Crippen LogP contribution < -0.4 is 10.3 Å². The highest BCUT2D eigenvalue weighted by Crippen LogP contribution is 2.46. The van der Waals surface area contributed by atoms with E-state index in [1.807, 2.05) is 24.3 Å². The van der Waals surface area contributed by atoms with Gasteiger partial charge in [0.05, 0.1) is 23.7 Å².